The van der Waals surface area contributed by atoms with Gasteiger partial charge < -0.3 is 14.9 Å². The van der Waals surface area contributed by atoms with Gasteiger partial charge in [0.15, 0.2) is 0 Å². The van der Waals surface area contributed by atoms with E-state index >= 15 is 0 Å². The molecule has 1 aromatic rings. The molecule has 1 aromatic heterocycles. The zero-order chi connectivity index (χ0) is 17.0. The van der Waals surface area contributed by atoms with E-state index in [1.807, 2.05) is 0 Å². The lowest BCUT2D eigenvalue weighted by molar-refractivity contribution is -0.384. The van der Waals surface area contributed by atoms with Crippen LogP contribution in [-0.4, -0.2) is 84.3 Å². The summed E-state index contributed by atoms with van der Waals surface area (Å²) in [6.07, 6.45) is 0.978. The molecule has 1 fully saturated rings. The van der Waals surface area contributed by atoms with Gasteiger partial charge in [0.25, 0.3) is 0 Å². The van der Waals surface area contributed by atoms with Crippen LogP contribution in [0.5, 0.6) is 0 Å². The highest BCUT2D eigenvalue weighted by Crippen LogP contribution is 2.28. The molecule has 8 nitrogen and oxygen atoms in total. The molecule has 0 aliphatic carbocycles. The molecule has 0 radical (unpaired) electrons. The molecule has 1 saturated heterocycles. The second-order valence-electron chi connectivity index (χ2n) is 6.20. The van der Waals surface area contributed by atoms with E-state index in [1.165, 1.54) is 0 Å². The van der Waals surface area contributed by atoms with Crippen molar-refractivity contribution in [2.45, 2.75) is 13.0 Å². The number of aryl methyl sites for hydroxylation is 1. The number of aliphatic hydroxyl groups excluding tert-OH is 1. The van der Waals surface area contributed by atoms with Crippen molar-refractivity contribution in [1.29, 1.82) is 0 Å². The summed E-state index contributed by atoms with van der Waals surface area (Å²) in [5.74, 6) is 0.299. The van der Waals surface area contributed by atoms with Crippen LogP contribution < -0.4 is 4.90 Å². The second kappa shape index (κ2) is 7.67. The average molecular weight is 323 g/mol. The van der Waals surface area contributed by atoms with Crippen molar-refractivity contribution in [3.63, 3.8) is 0 Å². The van der Waals surface area contributed by atoms with Crippen molar-refractivity contribution in [2.24, 2.45) is 0 Å². The zero-order valence-corrected chi connectivity index (χ0v) is 14.0. The second-order valence-corrected chi connectivity index (χ2v) is 6.20. The molecule has 1 atom stereocenters. The van der Waals surface area contributed by atoms with Gasteiger partial charge in [-0.05, 0) is 20.0 Å². The Morgan fingerprint density at radius 1 is 1.43 bits per heavy atom. The molecule has 128 valence electrons. The third-order valence-electron chi connectivity index (χ3n) is 4.20. The lowest BCUT2D eigenvalue weighted by Crippen LogP contribution is -2.48. The highest BCUT2D eigenvalue weighted by molar-refractivity contribution is 5.61. The van der Waals surface area contributed by atoms with Crippen molar-refractivity contribution in [3.8, 4) is 0 Å². The van der Waals surface area contributed by atoms with Crippen molar-refractivity contribution >= 4 is 11.5 Å². The van der Waals surface area contributed by atoms with Gasteiger partial charge in [-0.25, -0.2) is 4.98 Å². The summed E-state index contributed by atoms with van der Waals surface area (Å²) in [6, 6.07) is 1.62. The lowest BCUT2D eigenvalue weighted by atomic mass is 10.2. The maximum Gasteiger partial charge on any atom is 0.314 e. The van der Waals surface area contributed by atoms with Crippen LogP contribution in [0.1, 0.15) is 5.56 Å². The molecule has 0 aromatic carbocycles. The molecule has 1 N–H and O–H groups in total. The molecule has 1 aliphatic heterocycles. The van der Waals surface area contributed by atoms with Gasteiger partial charge in [0, 0.05) is 58.1 Å². The summed E-state index contributed by atoms with van der Waals surface area (Å²) in [4.78, 5) is 21.1. The largest absolute Gasteiger partial charge is 0.390 e. The quantitative estimate of drug-likeness (QED) is 0.597. The maximum absolute atomic E-state index is 11.2. The summed E-state index contributed by atoms with van der Waals surface area (Å²) in [7, 11) is 3.81. The molecule has 0 bridgehead atoms. The van der Waals surface area contributed by atoms with Gasteiger partial charge in [-0.2, -0.15) is 0 Å². The van der Waals surface area contributed by atoms with Crippen molar-refractivity contribution in [3.05, 3.63) is 27.9 Å². The van der Waals surface area contributed by atoms with Crippen molar-refractivity contribution in [2.75, 3.05) is 58.3 Å². The Balaban J connectivity index is 1.97. The van der Waals surface area contributed by atoms with Gasteiger partial charge in [0.1, 0.15) is 0 Å². The van der Waals surface area contributed by atoms with Crippen LogP contribution >= 0.6 is 0 Å². The fourth-order valence-corrected chi connectivity index (χ4v) is 2.83. The molecule has 0 saturated carbocycles. The Kier molecular flexibility index (Phi) is 5.86. The standard InChI is InChI=1S/C15H25N5O3/c1-12-4-5-16-15(14(12)20(22)23)18(3)10-13(21)11-19-8-6-17(2)7-9-19/h4-5,13,21H,6-11H2,1-3H3/t13-/m0/s1. The summed E-state index contributed by atoms with van der Waals surface area (Å²) in [5, 5.41) is 21.5. The van der Waals surface area contributed by atoms with Crippen LogP contribution in [-0.2, 0) is 0 Å². The van der Waals surface area contributed by atoms with E-state index in [1.54, 1.807) is 31.1 Å². The fourth-order valence-electron chi connectivity index (χ4n) is 2.83. The first kappa shape index (κ1) is 17.6. The van der Waals surface area contributed by atoms with E-state index in [4.69, 9.17) is 0 Å². The molecule has 2 heterocycles. The van der Waals surface area contributed by atoms with Crippen LogP contribution in [0.25, 0.3) is 0 Å². The summed E-state index contributed by atoms with van der Waals surface area (Å²) in [5.41, 5.74) is 0.571. The normalized spacial score (nSPS) is 17.9. The first-order valence-electron chi connectivity index (χ1n) is 7.78. The number of aromatic nitrogens is 1. The third kappa shape index (κ3) is 4.60. The molecule has 0 amide bonds. The van der Waals surface area contributed by atoms with Crippen molar-refractivity contribution in [1.82, 2.24) is 14.8 Å². The van der Waals surface area contributed by atoms with Gasteiger partial charge in [-0.15, -0.1) is 0 Å². The molecule has 2 rings (SSSR count). The summed E-state index contributed by atoms with van der Waals surface area (Å²) in [6.45, 7) is 6.42. The van der Waals surface area contributed by atoms with E-state index in [-0.39, 0.29) is 5.69 Å². The molecular weight excluding hydrogens is 298 g/mol. The molecule has 0 spiro atoms. The van der Waals surface area contributed by atoms with Crippen LogP contribution in [0.15, 0.2) is 12.3 Å². The summed E-state index contributed by atoms with van der Waals surface area (Å²) < 4.78 is 0. The van der Waals surface area contributed by atoms with Gasteiger partial charge in [0.05, 0.1) is 11.0 Å². The topological polar surface area (TPSA) is 86.0 Å². The minimum absolute atomic E-state index is 0.00166. The van der Waals surface area contributed by atoms with E-state index in [0.29, 0.717) is 24.5 Å². The highest BCUT2D eigenvalue weighted by Gasteiger charge is 2.24. The maximum atomic E-state index is 11.2. The Bertz CT molecular complexity index is 546. The predicted octanol–water partition coefficient (Wildman–Crippen LogP) is 0.343. The van der Waals surface area contributed by atoms with Gasteiger partial charge in [-0.1, -0.05) is 0 Å². The number of hydrogen-bond donors (Lipinski definition) is 1. The third-order valence-corrected chi connectivity index (χ3v) is 4.20. The highest BCUT2D eigenvalue weighted by atomic mass is 16.6. The number of aliphatic hydroxyl groups is 1. The van der Waals surface area contributed by atoms with Crippen LogP contribution in [0, 0.1) is 17.0 Å². The van der Waals surface area contributed by atoms with Gasteiger partial charge >= 0.3 is 5.69 Å². The first-order chi connectivity index (χ1) is 10.9. The zero-order valence-electron chi connectivity index (χ0n) is 14.0. The molecule has 0 unspecified atom stereocenters. The van der Waals surface area contributed by atoms with Crippen LogP contribution in [0.3, 0.4) is 0 Å². The minimum atomic E-state index is -0.578. The molecular formula is C15H25N5O3. The van der Waals surface area contributed by atoms with Crippen molar-refractivity contribution < 1.29 is 10.0 Å². The number of β-amino-alcohol motifs (C(OH)–C–C–N with tert-alkyl or cyclic N) is 1. The Morgan fingerprint density at radius 3 is 2.70 bits per heavy atom. The van der Waals surface area contributed by atoms with E-state index in [9.17, 15) is 15.2 Å². The number of piperazine rings is 1. The van der Waals surface area contributed by atoms with E-state index in [0.717, 1.165) is 26.2 Å². The Morgan fingerprint density at radius 2 is 2.09 bits per heavy atom. The van der Waals surface area contributed by atoms with Gasteiger partial charge in [-0.3, -0.25) is 15.0 Å². The monoisotopic (exact) mass is 323 g/mol. The predicted molar refractivity (Wildman–Crippen MR) is 88.8 cm³/mol. The SMILES string of the molecule is Cc1ccnc(N(C)C[C@H](O)CN2CCN(C)CC2)c1[N+](=O)[O-]. The number of anilines is 1. The molecule has 8 heteroatoms. The smallest absolute Gasteiger partial charge is 0.314 e. The van der Waals surface area contributed by atoms with E-state index in [2.05, 4.69) is 21.8 Å². The summed E-state index contributed by atoms with van der Waals surface area (Å²) >= 11 is 0. The molecule has 1 aliphatic rings. The number of pyridine rings is 1. The minimum Gasteiger partial charge on any atom is -0.390 e. The number of nitrogens with zero attached hydrogens (tertiary/aromatic N) is 5. The average Bonchev–Trinajstić information content (AvgIpc) is 2.48. The van der Waals surface area contributed by atoms with Gasteiger partial charge in [0.2, 0.25) is 5.82 Å². The fraction of sp³-hybridized carbons (Fsp3) is 0.667. The Labute approximate surface area is 136 Å². The number of likely N-dealkylation sites (N-methyl/N-ethyl adjacent to an activating group) is 2. The lowest BCUT2D eigenvalue weighted by Gasteiger charge is -2.34. The number of nitro groups is 1. The Hall–Kier alpha value is -1.77. The first-order valence-corrected chi connectivity index (χ1v) is 7.78. The van der Waals surface area contributed by atoms with Crippen LogP contribution in [0.4, 0.5) is 11.5 Å². The van der Waals surface area contributed by atoms with Crippen LogP contribution in [0.2, 0.25) is 0 Å². The molecule has 23 heavy (non-hydrogen) atoms. The van der Waals surface area contributed by atoms with E-state index < -0.39 is 11.0 Å². The number of hydrogen-bond acceptors (Lipinski definition) is 7. The number of rotatable bonds is 6.